The van der Waals surface area contributed by atoms with E-state index in [4.69, 9.17) is 21.2 Å². The number of rotatable bonds is 8. The predicted molar refractivity (Wildman–Crippen MR) is 84.7 cm³/mol. The highest BCUT2D eigenvalue weighted by molar-refractivity contribution is 7.93. The topological polar surface area (TPSA) is 77.0 Å². The molecule has 11 heteroatoms. The smallest absolute Gasteiger partial charge is 0.393 e. The van der Waals surface area contributed by atoms with Crippen LogP contribution in [0.4, 0.5) is 18.9 Å². The summed E-state index contributed by atoms with van der Waals surface area (Å²) in [5, 5.41) is 4.01. The summed E-state index contributed by atoms with van der Waals surface area (Å²) in [4.78, 5) is 4.99. The van der Waals surface area contributed by atoms with E-state index in [9.17, 15) is 21.6 Å². The van der Waals surface area contributed by atoms with Gasteiger partial charge >= 0.3 is 15.5 Å². The maximum Gasteiger partial charge on any atom is 0.516 e. The van der Waals surface area contributed by atoms with Crippen molar-refractivity contribution in [1.29, 1.82) is 0 Å². The zero-order chi connectivity index (χ0) is 18.4. The Bertz CT molecular complexity index is 693. The molecule has 0 aromatic heterocycles. The number of halogens is 4. The normalized spacial score (nSPS) is 13.0. The summed E-state index contributed by atoms with van der Waals surface area (Å²) in [7, 11) is -4.10. The Kier molecular flexibility index (Phi) is 7.30. The van der Waals surface area contributed by atoms with Crippen LogP contribution in [0.15, 0.2) is 23.4 Å². The molecule has 0 heterocycles. The molecule has 6 nitrogen and oxygen atoms in total. The number of anilines is 1. The van der Waals surface area contributed by atoms with Crippen LogP contribution in [0.3, 0.4) is 0 Å². The largest absolute Gasteiger partial charge is 0.516 e. The van der Waals surface area contributed by atoms with E-state index in [1.165, 1.54) is 24.0 Å². The Morgan fingerprint density at radius 3 is 2.54 bits per heavy atom. The first kappa shape index (κ1) is 20.5. The van der Waals surface area contributed by atoms with E-state index in [0.29, 0.717) is 0 Å². The van der Waals surface area contributed by atoms with Crippen molar-refractivity contribution in [3.05, 3.63) is 28.8 Å². The lowest BCUT2D eigenvalue weighted by Crippen LogP contribution is -2.30. The molecule has 136 valence electrons. The zero-order valence-corrected chi connectivity index (χ0v) is 14.4. The molecular weight excluding hydrogens is 373 g/mol. The monoisotopic (exact) mass is 388 g/mol. The number of hydrogen-bond acceptors (Lipinski definition) is 5. The molecule has 0 unspecified atom stereocenters. The number of alkyl halides is 3. The molecule has 0 aliphatic rings. The van der Waals surface area contributed by atoms with Gasteiger partial charge in [0.05, 0.1) is 18.0 Å². The highest BCUT2D eigenvalue weighted by atomic mass is 35.5. The number of hydrogen-bond donors (Lipinski definition) is 1. The van der Waals surface area contributed by atoms with Crippen molar-refractivity contribution in [2.75, 3.05) is 25.0 Å². The van der Waals surface area contributed by atoms with Gasteiger partial charge < -0.3 is 9.57 Å². The van der Waals surface area contributed by atoms with Gasteiger partial charge in [0.1, 0.15) is 6.61 Å². The average molecular weight is 389 g/mol. The molecule has 0 saturated heterocycles. The van der Waals surface area contributed by atoms with Crippen LogP contribution in [0.5, 0.6) is 0 Å². The Hall–Kier alpha value is -1.52. The van der Waals surface area contributed by atoms with E-state index in [0.717, 1.165) is 6.07 Å². The van der Waals surface area contributed by atoms with Gasteiger partial charge in [-0.1, -0.05) is 23.7 Å². The van der Waals surface area contributed by atoms with E-state index < -0.39 is 15.5 Å². The maximum atomic E-state index is 12.6. The first-order chi connectivity index (χ1) is 11.1. The summed E-state index contributed by atoms with van der Waals surface area (Å²) in [6.07, 6.45) is 0.272. The summed E-state index contributed by atoms with van der Waals surface area (Å²) in [6.45, 7) is 2.08. The van der Waals surface area contributed by atoms with Crippen LogP contribution >= 0.6 is 11.6 Å². The molecule has 0 aliphatic heterocycles. The quantitative estimate of drug-likeness (QED) is 0.421. The molecule has 1 N–H and O–H groups in total. The number of nitrogens with zero attached hydrogens (tertiary/aromatic N) is 1. The third kappa shape index (κ3) is 5.53. The fourth-order valence-corrected chi connectivity index (χ4v) is 2.35. The fraction of sp³-hybridized carbons (Fsp3) is 0.462. The lowest BCUT2D eigenvalue weighted by Gasteiger charge is -2.15. The van der Waals surface area contributed by atoms with Gasteiger partial charge in [-0.3, -0.25) is 4.72 Å². The highest BCUT2D eigenvalue weighted by Crippen LogP contribution is 2.29. The van der Waals surface area contributed by atoms with Crippen LogP contribution in [0, 0.1) is 0 Å². The standard InChI is InChI=1S/C13H16ClF3N2O4S/c1-3-11(18-23-7-6-22-2)10-8-9(14)4-5-12(10)19-24(20,21)13(15,16)17/h4-5,8,19H,3,6-7H2,1-2H3/b18-11+. The maximum absolute atomic E-state index is 12.6. The van der Waals surface area contributed by atoms with Crippen LogP contribution < -0.4 is 4.72 Å². The molecule has 24 heavy (non-hydrogen) atoms. The van der Waals surface area contributed by atoms with Gasteiger partial charge in [-0.25, -0.2) is 0 Å². The van der Waals surface area contributed by atoms with Gasteiger partial charge in [0.15, 0.2) is 0 Å². The molecule has 1 aromatic carbocycles. The van der Waals surface area contributed by atoms with Gasteiger partial charge in [0, 0.05) is 17.7 Å². The lowest BCUT2D eigenvalue weighted by atomic mass is 10.1. The second kappa shape index (κ2) is 8.54. The SMILES string of the molecule is CC/C(=N\OCCOC)c1cc(Cl)ccc1NS(=O)(=O)C(F)(F)F. The molecule has 1 aromatic rings. The van der Waals surface area contributed by atoms with Crippen molar-refractivity contribution < 1.29 is 31.2 Å². The number of sulfonamides is 1. The molecule has 0 saturated carbocycles. The fourth-order valence-electron chi connectivity index (χ4n) is 1.60. The van der Waals surface area contributed by atoms with Crippen molar-refractivity contribution in [1.82, 2.24) is 0 Å². The predicted octanol–water partition coefficient (Wildman–Crippen LogP) is 3.38. The summed E-state index contributed by atoms with van der Waals surface area (Å²) < 4.78 is 66.6. The van der Waals surface area contributed by atoms with Gasteiger partial charge in [-0.2, -0.15) is 21.6 Å². The van der Waals surface area contributed by atoms with Crippen molar-refractivity contribution in [2.45, 2.75) is 18.9 Å². The number of ether oxygens (including phenoxy) is 1. The minimum absolute atomic E-state index is 0.0928. The average Bonchev–Trinajstić information content (AvgIpc) is 2.48. The summed E-state index contributed by atoms with van der Waals surface area (Å²) in [6, 6.07) is 3.69. The molecule has 0 aliphatic carbocycles. The van der Waals surface area contributed by atoms with Gasteiger partial charge in [0.2, 0.25) is 0 Å². The van der Waals surface area contributed by atoms with Gasteiger partial charge in [-0.15, -0.1) is 0 Å². The Morgan fingerprint density at radius 1 is 1.33 bits per heavy atom. The molecule has 0 bridgehead atoms. The molecule has 1 rings (SSSR count). The third-order valence-electron chi connectivity index (χ3n) is 2.73. The van der Waals surface area contributed by atoms with E-state index in [1.54, 1.807) is 6.92 Å². The number of nitrogens with one attached hydrogen (secondary N) is 1. The third-order valence-corrected chi connectivity index (χ3v) is 4.06. The minimum atomic E-state index is -5.57. The number of oxime groups is 1. The second-order valence-electron chi connectivity index (χ2n) is 4.46. The van der Waals surface area contributed by atoms with Crippen molar-refractivity contribution in [3.8, 4) is 0 Å². The van der Waals surface area contributed by atoms with Crippen LogP contribution in [0.2, 0.25) is 5.02 Å². The van der Waals surface area contributed by atoms with Crippen LogP contribution in [-0.4, -0.2) is 40.0 Å². The first-order valence-electron chi connectivity index (χ1n) is 6.69. The van der Waals surface area contributed by atoms with Gasteiger partial charge in [0.25, 0.3) is 0 Å². The summed E-state index contributed by atoms with van der Waals surface area (Å²) in [5.41, 5.74) is -5.42. The number of methoxy groups -OCH3 is 1. The molecule has 0 spiro atoms. The van der Waals surface area contributed by atoms with Crippen molar-refractivity contribution in [3.63, 3.8) is 0 Å². The number of benzene rings is 1. The van der Waals surface area contributed by atoms with E-state index >= 15 is 0 Å². The first-order valence-corrected chi connectivity index (χ1v) is 8.55. The van der Waals surface area contributed by atoms with E-state index in [-0.39, 0.29) is 41.6 Å². The second-order valence-corrected chi connectivity index (χ2v) is 6.57. The Balaban J connectivity index is 3.20. The van der Waals surface area contributed by atoms with Crippen molar-refractivity contribution in [2.24, 2.45) is 5.16 Å². The summed E-state index contributed by atoms with van der Waals surface area (Å²) in [5.74, 6) is 0. The van der Waals surface area contributed by atoms with Crippen molar-refractivity contribution >= 4 is 33.0 Å². The van der Waals surface area contributed by atoms with E-state index in [2.05, 4.69) is 5.16 Å². The van der Waals surface area contributed by atoms with Crippen LogP contribution in [0.1, 0.15) is 18.9 Å². The van der Waals surface area contributed by atoms with Crippen LogP contribution in [0.25, 0.3) is 0 Å². The van der Waals surface area contributed by atoms with Crippen LogP contribution in [-0.2, 0) is 19.6 Å². The molecule has 0 radical (unpaired) electrons. The molecule has 0 amide bonds. The Labute approximate surface area is 142 Å². The lowest BCUT2D eigenvalue weighted by molar-refractivity contribution is -0.0429. The zero-order valence-electron chi connectivity index (χ0n) is 12.9. The minimum Gasteiger partial charge on any atom is -0.393 e. The molecule has 0 atom stereocenters. The molecular formula is C13H16ClF3N2O4S. The van der Waals surface area contributed by atoms with E-state index in [1.807, 2.05) is 0 Å². The Morgan fingerprint density at radius 2 is 2.00 bits per heavy atom. The van der Waals surface area contributed by atoms with Gasteiger partial charge in [-0.05, 0) is 24.6 Å². The highest BCUT2D eigenvalue weighted by Gasteiger charge is 2.46. The molecule has 0 fully saturated rings. The summed E-state index contributed by atoms with van der Waals surface area (Å²) >= 11 is 5.85.